The molecule has 7 nitrogen and oxygen atoms in total. The predicted octanol–water partition coefficient (Wildman–Crippen LogP) is 0.945. The van der Waals surface area contributed by atoms with Gasteiger partial charge in [0.2, 0.25) is 11.8 Å². The highest BCUT2D eigenvalue weighted by Crippen LogP contribution is 2.13. The molecule has 2 aliphatic rings. The average Bonchev–Trinajstić information content (AvgIpc) is 3.13. The van der Waals surface area contributed by atoms with Crippen molar-refractivity contribution in [2.45, 2.75) is 51.6 Å². The number of amides is 1. The van der Waals surface area contributed by atoms with E-state index in [0.717, 1.165) is 64.4 Å². The van der Waals surface area contributed by atoms with Gasteiger partial charge in [0, 0.05) is 39.0 Å². The summed E-state index contributed by atoms with van der Waals surface area (Å²) in [7, 11) is 0. The molecule has 1 amide bonds. The normalized spacial score (nSPS) is 22.9. The van der Waals surface area contributed by atoms with Crippen LogP contribution in [0.25, 0.3) is 0 Å². The van der Waals surface area contributed by atoms with E-state index in [1.807, 2.05) is 11.8 Å². The Morgan fingerprint density at radius 2 is 2.26 bits per heavy atom. The number of carbonyl (C=O) groups excluding carboxylic acids is 1. The number of hydrogen-bond acceptors (Lipinski definition) is 6. The first-order valence-electron chi connectivity index (χ1n) is 8.73. The molecule has 0 aromatic carbocycles. The number of piperidine rings is 1. The van der Waals surface area contributed by atoms with Gasteiger partial charge in [0.1, 0.15) is 0 Å². The maximum absolute atomic E-state index is 11.6. The number of carbonyl (C=O) groups is 1. The van der Waals surface area contributed by atoms with Crippen LogP contribution >= 0.6 is 0 Å². The lowest BCUT2D eigenvalue weighted by molar-refractivity contribution is -0.127. The lowest BCUT2D eigenvalue weighted by Gasteiger charge is -2.32. The number of nitrogens with zero attached hydrogens (tertiary/aromatic N) is 4. The molecule has 0 spiro atoms. The van der Waals surface area contributed by atoms with Gasteiger partial charge in [-0.3, -0.25) is 9.69 Å². The van der Waals surface area contributed by atoms with Crippen molar-refractivity contribution in [1.29, 1.82) is 0 Å². The summed E-state index contributed by atoms with van der Waals surface area (Å²) in [5, 5.41) is 7.61. The Balaban J connectivity index is 1.34. The number of likely N-dealkylation sites (tertiary alicyclic amines) is 2. The van der Waals surface area contributed by atoms with Crippen LogP contribution in [0.3, 0.4) is 0 Å². The van der Waals surface area contributed by atoms with E-state index in [2.05, 4.69) is 20.4 Å². The van der Waals surface area contributed by atoms with E-state index in [1.165, 1.54) is 12.8 Å². The maximum atomic E-state index is 11.6. The Bertz CT molecular complexity index is 518. The molecule has 3 rings (SSSR count). The maximum Gasteiger partial charge on any atom is 0.223 e. The quantitative estimate of drug-likeness (QED) is 0.754. The molecule has 1 aromatic rings. The highest BCUT2D eigenvalue weighted by atomic mass is 16.5. The minimum Gasteiger partial charge on any atom is -0.343 e. The number of aryl methyl sites for hydroxylation is 1. The van der Waals surface area contributed by atoms with Gasteiger partial charge in [0.05, 0.1) is 6.54 Å². The minimum atomic E-state index is 0.323. The molecule has 128 valence electrons. The Kier molecular flexibility index (Phi) is 5.61. The van der Waals surface area contributed by atoms with E-state index >= 15 is 0 Å². The van der Waals surface area contributed by atoms with Crippen molar-refractivity contribution in [1.82, 2.24) is 25.3 Å². The number of aromatic nitrogens is 2. The van der Waals surface area contributed by atoms with Crippen LogP contribution in [0.4, 0.5) is 0 Å². The van der Waals surface area contributed by atoms with Crippen molar-refractivity contribution in [3.63, 3.8) is 0 Å². The van der Waals surface area contributed by atoms with E-state index < -0.39 is 0 Å². The van der Waals surface area contributed by atoms with Gasteiger partial charge in [0.25, 0.3) is 0 Å². The molecular weight excluding hydrogens is 294 g/mol. The molecule has 0 unspecified atom stereocenters. The number of rotatable bonds is 7. The summed E-state index contributed by atoms with van der Waals surface area (Å²) < 4.78 is 5.03. The summed E-state index contributed by atoms with van der Waals surface area (Å²) in [6, 6.07) is 0.519. The lowest BCUT2D eigenvalue weighted by Crippen LogP contribution is -2.46. The first-order chi connectivity index (χ1) is 11.2. The smallest absolute Gasteiger partial charge is 0.223 e. The van der Waals surface area contributed by atoms with Gasteiger partial charge in [-0.1, -0.05) is 5.16 Å². The van der Waals surface area contributed by atoms with Crippen molar-refractivity contribution in [2.75, 3.05) is 32.7 Å². The predicted molar refractivity (Wildman–Crippen MR) is 85.8 cm³/mol. The van der Waals surface area contributed by atoms with Crippen LogP contribution < -0.4 is 5.32 Å². The third-order valence-electron chi connectivity index (χ3n) is 4.65. The highest BCUT2D eigenvalue weighted by Gasteiger charge is 2.22. The second-order valence-electron chi connectivity index (χ2n) is 6.60. The van der Waals surface area contributed by atoms with E-state index in [-0.39, 0.29) is 0 Å². The lowest BCUT2D eigenvalue weighted by atomic mass is 10.1. The topological polar surface area (TPSA) is 74.5 Å². The van der Waals surface area contributed by atoms with Gasteiger partial charge in [0.15, 0.2) is 5.82 Å². The van der Waals surface area contributed by atoms with Crippen LogP contribution in [0.1, 0.15) is 43.8 Å². The molecule has 0 saturated carbocycles. The molecular formula is C16H27N5O2. The SMILES string of the molecule is Cc1nc(CN2CCC[C@H](NCCCN3CCCC3=O)C2)no1. The zero-order valence-electron chi connectivity index (χ0n) is 14.0. The Morgan fingerprint density at radius 3 is 3.00 bits per heavy atom. The fourth-order valence-corrected chi connectivity index (χ4v) is 3.49. The summed E-state index contributed by atoms with van der Waals surface area (Å²) in [4.78, 5) is 20.2. The Hall–Kier alpha value is -1.47. The molecule has 2 fully saturated rings. The molecule has 1 atom stereocenters. The largest absolute Gasteiger partial charge is 0.343 e. The fraction of sp³-hybridized carbons (Fsp3) is 0.812. The van der Waals surface area contributed by atoms with E-state index in [1.54, 1.807) is 0 Å². The first kappa shape index (κ1) is 16.4. The van der Waals surface area contributed by atoms with Gasteiger partial charge in [-0.25, -0.2) is 0 Å². The summed E-state index contributed by atoms with van der Waals surface area (Å²) in [6.45, 7) is 7.51. The fourth-order valence-electron chi connectivity index (χ4n) is 3.49. The molecule has 7 heteroatoms. The van der Waals surface area contributed by atoms with Crippen LogP contribution in [-0.4, -0.2) is 64.6 Å². The third kappa shape index (κ3) is 4.75. The van der Waals surface area contributed by atoms with Crippen LogP contribution in [0.5, 0.6) is 0 Å². The average molecular weight is 321 g/mol. The Morgan fingerprint density at radius 1 is 1.35 bits per heavy atom. The number of hydrogen-bond donors (Lipinski definition) is 1. The molecule has 0 bridgehead atoms. The molecule has 0 radical (unpaired) electrons. The summed E-state index contributed by atoms with van der Waals surface area (Å²) in [5.74, 6) is 1.73. The summed E-state index contributed by atoms with van der Waals surface area (Å²) >= 11 is 0. The highest BCUT2D eigenvalue weighted by molar-refractivity contribution is 5.77. The molecule has 3 heterocycles. The van der Waals surface area contributed by atoms with Gasteiger partial charge in [-0.05, 0) is 38.8 Å². The number of nitrogens with one attached hydrogen (secondary N) is 1. The molecule has 2 saturated heterocycles. The van der Waals surface area contributed by atoms with Gasteiger partial charge >= 0.3 is 0 Å². The van der Waals surface area contributed by atoms with E-state index in [0.29, 0.717) is 17.8 Å². The van der Waals surface area contributed by atoms with Crippen LogP contribution in [0.15, 0.2) is 4.52 Å². The van der Waals surface area contributed by atoms with Crippen LogP contribution in [0.2, 0.25) is 0 Å². The van der Waals surface area contributed by atoms with E-state index in [9.17, 15) is 4.79 Å². The standard InChI is InChI=1S/C16H27N5O2/c1-13-18-15(19-23-13)12-20-8-2-5-14(11-20)17-7-4-10-21-9-3-6-16(21)22/h14,17H,2-12H2,1H3/t14-/m0/s1. The molecule has 0 aliphatic carbocycles. The monoisotopic (exact) mass is 321 g/mol. The van der Waals surface area contributed by atoms with Gasteiger partial charge < -0.3 is 14.7 Å². The molecule has 2 aliphatic heterocycles. The summed E-state index contributed by atoms with van der Waals surface area (Å²) in [6.07, 6.45) is 5.20. The van der Waals surface area contributed by atoms with Crippen molar-refractivity contribution < 1.29 is 9.32 Å². The molecule has 23 heavy (non-hydrogen) atoms. The molecule has 1 aromatic heterocycles. The van der Waals surface area contributed by atoms with Crippen molar-refractivity contribution in [2.24, 2.45) is 0 Å². The van der Waals surface area contributed by atoms with Crippen molar-refractivity contribution in [3.05, 3.63) is 11.7 Å². The minimum absolute atomic E-state index is 0.323. The third-order valence-corrected chi connectivity index (χ3v) is 4.65. The Labute approximate surface area is 137 Å². The second kappa shape index (κ2) is 7.88. The van der Waals surface area contributed by atoms with E-state index in [4.69, 9.17) is 4.52 Å². The van der Waals surface area contributed by atoms with Crippen LogP contribution in [-0.2, 0) is 11.3 Å². The summed E-state index contributed by atoms with van der Waals surface area (Å²) in [5.41, 5.74) is 0. The first-order valence-corrected chi connectivity index (χ1v) is 8.73. The van der Waals surface area contributed by atoms with Crippen molar-refractivity contribution >= 4 is 5.91 Å². The van der Waals surface area contributed by atoms with Gasteiger partial charge in [-0.2, -0.15) is 4.98 Å². The zero-order valence-corrected chi connectivity index (χ0v) is 14.0. The van der Waals surface area contributed by atoms with Gasteiger partial charge in [-0.15, -0.1) is 0 Å². The van der Waals surface area contributed by atoms with Crippen LogP contribution in [0, 0.1) is 6.92 Å². The second-order valence-corrected chi connectivity index (χ2v) is 6.60. The molecule has 1 N–H and O–H groups in total. The van der Waals surface area contributed by atoms with Crippen molar-refractivity contribution in [3.8, 4) is 0 Å². The zero-order chi connectivity index (χ0) is 16.1.